The first-order valence-electron chi connectivity index (χ1n) is 11.8. The van der Waals surface area contributed by atoms with Gasteiger partial charge >= 0.3 is 0 Å². The molecule has 36 heavy (non-hydrogen) atoms. The van der Waals surface area contributed by atoms with Gasteiger partial charge in [0.25, 0.3) is 11.5 Å². The van der Waals surface area contributed by atoms with Gasteiger partial charge in [-0.15, -0.1) is 0 Å². The maximum atomic E-state index is 14.0. The van der Waals surface area contributed by atoms with Crippen LogP contribution in [0.4, 0.5) is 0 Å². The van der Waals surface area contributed by atoms with E-state index in [-0.39, 0.29) is 24.6 Å². The van der Waals surface area contributed by atoms with E-state index < -0.39 is 0 Å². The minimum Gasteiger partial charge on any atom is -0.496 e. The molecule has 4 heterocycles. The summed E-state index contributed by atoms with van der Waals surface area (Å²) in [5.41, 5.74) is 5.17. The van der Waals surface area contributed by atoms with Crippen LogP contribution in [0.2, 0.25) is 5.02 Å². The Balaban J connectivity index is 1.66. The number of carbonyl (C=O) groups excluding carboxylic acids is 1. The van der Waals surface area contributed by atoms with Gasteiger partial charge in [-0.1, -0.05) is 11.6 Å². The predicted octanol–water partition coefficient (Wildman–Crippen LogP) is 3.43. The highest BCUT2D eigenvalue weighted by Gasteiger charge is 2.30. The van der Waals surface area contributed by atoms with Crippen molar-refractivity contribution in [2.45, 2.75) is 40.4 Å². The van der Waals surface area contributed by atoms with Crippen LogP contribution >= 0.6 is 11.6 Å². The van der Waals surface area contributed by atoms with Crippen LogP contribution in [0.5, 0.6) is 5.75 Å². The number of nitrogens with zero attached hydrogens (tertiary/aromatic N) is 4. The van der Waals surface area contributed by atoms with Crippen molar-refractivity contribution in [1.29, 1.82) is 0 Å². The zero-order chi connectivity index (χ0) is 25.7. The fraction of sp³-hybridized carbons (Fsp3) is 0.346. The number of pyridine rings is 1. The fourth-order valence-corrected chi connectivity index (χ4v) is 5.48. The number of nitrogens with one attached hydrogen (secondary N) is 1. The Morgan fingerprint density at radius 2 is 1.94 bits per heavy atom. The maximum absolute atomic E-state index is 14.0. The summed E-state index contributed by atoms with van der Waals surface area (Å²) in [7, 11) is 1.51. The van der Waals surface area contributed by atoms with E-state index >= 15 is 0 Å². The van der Waals surface area contributed by atoms with Crippen LogP contribution in [-0.4, -0.2) is 55.5 Å². The number of aromatic amines is 1. The number of carbonyl (C=O) groups is 1. The van der Waals surface area contributed by atoms with E-state index in [0.29, 0.717) is 47.2 Å². The van der Waals surface area contributed by atoms with Gasteiger partial charge in [0.15, 0.2) is 0 Å². The summed E-state index contributed by atoms with van der Waals surface area (Å²) in [6, 6.07) is 5.73. The molecule has 9 nitrogen and oxygen atoms in total. The molecule has 0 spiro atoms. The van der Waals surface area contributed by atoms with E-state index in [1.54, 1.807) is 22.6 Å². The Hall–Kier alpha value is -3.56. The van der Waals surface area contributed by atoms with Crippen molar-refractivity contribution in [3.8, 4) is 16.9 Å². The van der Waals surface area contributed by atoms with Crippen LogP contribution < -0.4 is 10.3 Å². The lowest BCUT2D eigenvalue weighted by atomic mass is 9.98. The third-order valence-corrected chi connectivity index (χ3v) is 7.25. The van der Waals surface area contributed by atoms with Gasteiger partial charge in [0.2, 0.25) is 0 Å². The third-order valence-electron chi connectivity index (χ3n) is 6.86. The average molecular weight is 510 g/mol. The summed E-state index contributed by atoms with van der Waals surface area (Å²) in [5, 5.41) is 15.2. The largest absolute Gasteiger partial charge is 0.496 e. The predicted molar refractivity (Wildman–Crippen MR) is 138 cm³/mol. The molecule has 0 radical (unpaired) electrons. The standard InChI is InChI=1S/C26H28ClN5O4/c1-14-11-20(36-4)19(25(34)28-14)13-31-8-7-30-6-5-17-12-18(23(27)22(24(17)30)26(31)35)21-15(2)29-32(9-10-33)16(21)3/h5-6,11-12,33H,7-10,13H2,1-4H3,(H,28,34). The minimum atomic E-state index is -0.281. The van der Waals surface area contributed by atoms with Crippen molar-refractivity contribution in [3.63, 3.8) is 0 Å². The molecule has 0 fully saturated rings. The molecule has 0 unspecified atom stereocenters. The molecule has 0 saturated heterocycles. The molecule has 0 bridgehead atoms. The maximum Gasteiger partial charge on any atom is 0.257 e. The van der Waals surface area contributed by atoms with Crippen molar-refractivity contribution in [2.24, 2.45) is 0 Å². The molecule has 4 aromatic rings. The Labute approximate surface area is 212 Å². The van der Waals surface area contributed by atoms with E-state index in [9.17, 15) is 14.7 Å². The normalized spacial score (nSPS) is 13.5. The lowest BCUT2D eigenvalue weighted by molar-refractivity contribution is 0.0744. The van der Waals surface area contributed by atoms with Gasteiger partial charge in [-0.3, -0.25) is 14.3 Å². The van der Waals surface area contributed by atoms with Crippen molar-refractivity contribution in [3.05, 3.63) is 68.0 Å². The zero-order valence-electron chi connectivity index (χ0n) is 20.7. The number of benzene rings is 1. The molecule has 5 rings (SSSR count). The molecule has 10 heteroatoms. The SMILES string of the molecule is COc1cc(C)[nH]c(=O)c1CN1CCn2ccc3cc(-c4c(C)nn(CCO)c4C)c(Cl)c(c32)C1=O. The number of aliphatic hydroxyl groups excluding tert-OH is 1. The molecule has 0 atom stereocenters. The van der Waals surface area contributed by atoms with Crippen molar-refractivity contribution in [2.75, 3.05) is 20.3 Å². The molecule has 3 aromatic heterocycles. The second-order valence-corrected chi connectivity index (χ2v) is 9.49. The molecule has 1 aliphatic heterocycles. The number of aliphatic hydroxyl groups is 1. The zero-order valence-corrected chi connectivity index (χ0v) is 21.4. The monoisotopic (exact) mass is 509 g/mol. The Morgan fingerprint density at radius 3 is 2.67 bits per heavy atom. The molecule has 0 saturated carbocycles. The first-order valence-corrected chi connectivity index (χ1v) is 12.2. The van der Waals surface area contributed by atoms with E-state index in [4.69, 9.17) is 16.3 Å². The highest BCUT2D eigenvalue weighted by Crippen LogP contribution is 2.41. The quantitative estimate of drug-likeness (QED) is 0.414. The molecule has 1 aromatic carbocycles. The first kappa shape index (κ1) is 24.1. The average Bonchev–Trinajstić information content (AvgIpc) is 3.31. The Kier molecular flexibility index (Phi) is 6.13. The number of amides is 1. The third kappa shape index (κ3) is 3.79. The molecule has 2 N–H and O–H groups in total. The highest BCUT2D eigenvalue weighted by atomic mass is 35.5. The number of aromatic nitrogens is 4. The number of halogens is 1. The van der Waals surface area contributed by atoms with Crippen molar-refractivity contribution in [1.82, 2.24) is 24.2 Å². The summed E-state index contributed by atoms with van der Waals surface area (Å²) >= 11 is 7.02. The molecule has 1 amide bonds. The lowest BCUT2D eigenvalue weighted by Crippen LogP contribution is -2.34. The smallest absolute Gasteiger partial charge is 0.257 e. The number of aryl methyl sites for hydroxylation is 2. The van der Waals surface area contributed by atoms with Crippen molar-refractivity contribution < 1.29 is 14.6 Å². The van der Waals surface area contributed by atoms with Crippen LogP contribution in [0.3, 0.4) is 0 Å². The van der Waals surface area contributed by atoms with Gasteiger partial charge in [0, 0.05) is 47.2 Å². The molecular weight excluding hydrogens is 482 g/mol. The van der Waals surface area contributed by atoms with Gasteiger partial charge < -0.3 is 24.3 Å². The van der Waals surface area contributed by atoms with E-state index in [2.05, 4.69) is 10.1 Å². The Morgan fingerprint density at radius 1 is 1.17 bits per heavy atom. The van der Waals surface area contributed by atoms with Gasteiger partial charge in [-0.25, -0.2) is 0 Å². The Bertz CT molecular complexity index is 1570. The summed E-state index contributed by atoms with van der Waals surface area (Å²) in [6.45, 7) is 7.01. The highest BCUT2D eigenvalue weighted by molar-refractivity contribution is 6.38. The summed E-state index contributed by atoms with van der Waals surface area (Å²) in [5.74, 6) is 0.199. The van der Waals surface area contributed by atoms with E-state index in [0.717, 1.165) is 33.4 Å². The van der Waals surface area contributed by atoms with Gasteiger partial charge in [-0.05, 0) is 39.0 Å². The summed E-state index contributed by atoms with van der Waals surface area (Å²) in [6.07, 6.45) is 1.96. The number of methoxy groups -OCH3 is 1. The molecule has 188 valence electrons. The topological polar surface area (TPSA) is 105 Å². The van der Waals surface area contributed by atoms with Gasteiger partial charge in [0.1, 0.15) is 5.75 Å². The van der Waals surface area contributed by atoms with Crippen LogP contribution in [0.1, 0.15) is 33.0 Å². The second-order valence-electron chi connectivity index (χ2n) is 9.11. The van der Waals surface area contributed by atoms with Crippen LogP contribution in [0.25, 0.3) is 22.0 Å². The molecule has 0 aliphatic carbocycles. The molecule has 1 aliphatic rings. The summed E-state index contributed by atoms with van der Waals surface area (Å²) in [4.78, 5) is 31.2. The number of hydrogen-bond donors (Lipinski definition) is 2. The van der Waals surface area contributed by atoms with Crippen LogP contribution in [0, 0.1) is 20.8 Å². The van der Waals surface area contributed by atoms with Crippen LogP contribution in [-0.2, 0) is 19.6 Å². The second kappa shape index (κ2) is 9.15. The fourth-order valence-electron chi connectivity index (χ4n) is 5.16. The van der Waals surface area contributed by atoms with Crippen LogP contribution in [0.15, 0.2) is 29.2 Å². The lowest BCUT2D eigenvalue weighted by Gasteiger charge is -2.22. The van der Waals surface area contributed by atoms with E-state index in [1.807, 2.05) is 36.7 Å². The van der Waals surface area contributed by atoms with E-state index in [1.165, 1.54) is 7.11 Å². The first-order chi connectivity index (χ1) is 17.2. The number of rotatable bonds is 6. The number of ether oxygens (including phenoxy) is 1. The summed E-state index contributed by atoms with van der Waals surface area (Å²) < 4.78 is 9.23. The number of hydrogen-bond acceptors (Lipinski definition) is 5. The van der Waals surface area contributed by atoms with Gasteiger partial charge in [0.05, 0.1) is 54.2 Å². The minimum absolute atomic E-state index is 0.0304. The number of H-pyrrole nitrogens is 1. The van der Waals surface area contributed by atoms with Crippen molar-refractivity contribution >= 4 is 28.4 Å². The van der Waals surface area contributed by atoms with Gasteiger partial charge in [-0.2, -0.15) is 5.10 Å². The molecular formula is C26H28ClN5O4.